The van der Waals surface area contributed by atoms with Crippen LogP contribution in [0, 0.1) is 6.92 Å². The summed E-state index contributed by atoms with van der Waals surface area (Å²) < 4.78 is 6.60. The predicted octanol–water partition coefficient (Wildman–Crippen LogP) is 3.35. The lowest BCUT2D eigenvalue weighted by Crippen LogP contribution is -2.30. The molecule has 1 aromatic carbocycles. The Balaban J connectivity index is 1.51. The summed E-state index contributed by atoms with van der Waals surface area (Å²) in [5.41, 5.74) is 0.615. The van der Waals surface area contributed by atoms with E-state index in [4.69, 9.17) is 4.74 Å². The molecule has 3 rings (SSSR count). The number of hydrogen-bond donors (Lipinski definition) is 1. The SMILES string of the molecule is Cc1nc(OCCNC(=O)c2cccc(Br)c2)cc(N2CCCCC2)n1. The highest BCUT2D eigenvalue weighted by molar-refractivity contribution is 9.10. The van der Waals surface area contributed by atoms with E-state index in [9.17, 15) is 4.79 Å². The average molecular weight is 419 g/mol. The second-order valence-corrected chi connectivity index (χ2v) is 7.19. The summed E-state index contributed by atoms with van der Waals surface area (Å²) >= 11 is 3.37. The van der Waals surface area contributed by atoms with Crippen molar-refractivity contribution in [2.75, 3.05) is 31.1 Å². The van der Waals surface area contributed by atoms with Crippen LogP contribution in [-0.2, 0) is 0 Å². The molecular weight excluding hydrogens is 396 g/mol. The van der Waals surface area contributed by atoms with E-state index < -0.39 is 0 Å². The topological polar surface area (TPSA) is 67.3 Å². The smallest absolute Gasteiger partial charge is 0.251 e. The van der Waals surface area contributed by atoms with Crippen molar-refractivity contribution in [1.82, 2.24) is 15.3 Å². The molecule has 1 amide bonds. The van der Waals surface area contributed by atoms with E-state index in [1.165, 1.54) is 19.3 Å². The zero-order chi connectivity index (χ0) is 18.4. The number of anilines is 1. The van der Waals surface area contributed by atoms with Crippen molar-refractivity contribution < 1.29 is 9.53 Å². The Bertz CT molecular complexity index is 763. The standard InChI is InChI=1S/C19H23BrN4O2/c1-14-22-17(24-9-3-2-4-10-24)13-18(23-14)26-11-8-21-19(25)15-6-5-7-16(20)12-15/h5-7,12-13H,2-4,8-11H2,1H3,(H,21,25). The minimum Gasteiger partial charge on any atom is -0.476 e. The number of nitrogens with one attached hydrogen (secondary N) is 1. The fourth-order valence-electron chi connectivity index (χ4n) is 2.94. The number of aryl methyl sites for hydroxylation is 1. The molecule has 2 heterocycles. The van der Waals surface area contributed by atoms with Crippen molar-refractivity contribution in [3.63, 3.8) is 0 Å². The van der Waals surface area contributed by atoms with Crippen LogP contribution in [0.4, 0.5) is 5.82 Å². The number of carbonyl (C=O) groups is 1. The molecule has 0 spiro atoms. The van der Waals surface area contributed by atoms with Gasteiger partial charge in [-0.1, -0.05) is 22.0 Å². The number of carbonyl (C=O) groups excluding carboxylic acids is 1. The molecule has 138 valence electrons. The van der Waals surface area contributed by atoms with Gasteiger partial charge in [-0.2, -0.15) is 4.98 Å². The first kappa shape index (κ1) is 18.6. The lowest BCUT2D eigenvalue weighted by atomic mass is 10.1. The Morgan fingerprint density at radius 3 is 2.81 bits per heavy atom. The molecule has 1 N–H and O–H groups in total. The summed E-state index contributed by atoms with van der Waals surface area (Å²) in [5, 5.41) is 2.85. The molecule has 0 atom stereocenters. The quantitative estimate of drug-likeness (QED) is 0.728. The fourth-order valence-corrected chi connectivity index (χ4v) is 3.34. The number of rotatable bonds is 6. The minimum absolute atomic E-state index is 0.122. The van der Waals surface area contributed by atoms with Gasteiger partial charge in [-0.05, 0) is 44.4 Å². The van der Waals surface area contributed by atoms with Crippen molar-refractivity contribution in [3.8, 4) is 5.88 Å². The van der Waals surface area contributed by atoms with Crippen LogP contribution in [0.5, 0.6) is 5.88 Å². The van der Waals surface area contributed by atoms with Gasteiger partial charge in [-0.15, -0.1) is 0 Å². The Kier molecular flexibility index (Phi) is 6.44. The molecule has 6 nitrogen and oxygen atoms in total. The van der Waals surface area contributed by atoms with Crippen LogP contribution in [-0.4, -0.2) is 42.1 Å². The van der Waals surface area contributed by atoms with Gasteiger partial charge in [0.15, 0.2) is 0 Å². The lowest BCUT2D eigenvalue weighted by molar-refractivity contribution is 0.0946. The molecule has 2 aromatic rings. The van der Waals surface area contributed by atoms with Crippen LogP contribution < -0.4 is 15.0 Å². The van der Waals surface area contributed by atoms with Crippen LogP contribution in [0.15, 0.2) is 34.8 Å². The normalized spacial score (nSPS) is 14.2. The second-order valence-electron chi connectivity index (χ2n) is 6.27. The molecule has 1 aliphatic rings. The third-order valence-corrected chi connectivity index (χ3v) is 4.70. The highest BCUT2D eigenvalue weighted by Gasteiger charge is 2.14. The second kappa shape index (κ2) is 8.98. The Labute approximate surface area is 162 Å². The summed E-state index contributed by atoms with van der Waals surface area (Å²) in [5.74, 6) is 2.05. The van der Waals surface area contributed by atoms with Gasteiger partial charge in [-0.3, -0.25) is 4.79 Å². The van der Waals surface area contributed by atoms with E-state index in [1.54, 1.807) is 12.1 Å². The predicted molar refractivity (Wildman–Crippen MR) is 105 cm³/mol. The van der Waals surface area contributed by atoms with Gasteiger partial charge in [0.25, 0.3) is 5.91 Å². The fraction of sp³-hybridized carbons (Fsp3) is 0.421. The monoisotopic (exact) mass is 418 g/mol. The number of benzene rings is 1. The zero-order valence-electron chi connectivity index (χ0n) is 14.9. The molecule has 1 aliphatic heterocycles. The molecule has 26 heavy (non-hydrogen) atoms. The van der Waals surface area contributed by atoms with Gasteiger partial charge in [0.2, 0.25) is 5.88 Å². The van der Waals surface area contributed by atoms with Gasteiger partial charge in [-0.25, -0.2) is 4.98 Å². The molecule has 0 bridgehead atoms. The highest BCUT2D eigenvalue weighted by Crippen LogP contribution is 2.21. The van der Waals surface area contributed by atoms with E-state index in [-0.39, 0.29) is 5.91 Å². The van der Waals surface area contributed by atoms with Gasteiger partial charge in [0.05, 0.1) is 6.54 Å². The lowest BCUT2D eigenvalue weighted by Gasteiger charge is -2.28. The van der Waals surface area contributed by atoms with Gasteiger partial charge >= 0.3 is 0 Å². The molecule has 1 aromatic heterocycles. The van der Waals surface area contributed by atoms with Crippen molar-refractivity contribution in [3.05, 3.63) is 46.2 Å². The first-order valence-corrected chi connectivity index (χ1v) is 9.68. The van der Waals surface area contributed by atoms with E-state index in [2.05, 4.69) is 36.1 Å². The van der Waals surface area contributed by atoms with Crippen molar-refractivity contribution >= 4 is 27.7 Å². The van der Waals surface area contributed by atoms with E-state index in [0.29, 0.717) is 30.4 Å². The molecular formula is C19H23BrN4O2. The molecule has 0 aliphatic carbocycles. The van der Waals surface area contributed by atoms with Gasteiger partial charge < -0.3 is 15.0 Å². The largest absolute Gasteiger partial charge is 0.476 e. The van der Waals surface area contributed by atoms with Crippen LogP contribution in [0.2, 0.25) is 0 Å². The first-order valence-electron chi connectivity index (χ1n) is 8.89. The van der Waals surface area contributed by atoms with E-state index in [1.807, 2.05) is 25.1 Å². The Morgan fingerprint density at radius 2 is 2.04 bits per heavy atom. The highest BCUT2D eigenvalue weighted by atomic mass is 79.9. The summed E-state index contributed by atoms with van der Waals surface area (Å²) in [6, 6.07) is 9.17. The van der Waals surface area contributed by atoms with Crippen molar-refractivity contribution in [2.45, 2.75) is 26.2 Å². The molecule has 0 unspecified atom stereocenters. The zero-order valence-corrected chi connectivity index (χ0v) is 16.5. The number of hydrogen-bond acceptors (Lipinski definition) is 5. The van der Waals surface area contributed by atoms with Crippen LogP contribution >= 0.6 is 15.9 Å². The third kappa shape index (κ3) is 5.17. The number of amides is 1. The van der Waals surface area contributed by atoms with Gasteiger partial charge in [0, 0.05) is 29.2 Å². The number of piperidine rings is 1. The first-order chi connectivity index (χ1) is 12.6. The molecule has 0 radical (unpaired) electrons. The summed E-state index contributed by atoms with van der Waals surface area (Å²) in [7, 11) is 0. The van der Waals surface area contributed by atoms with Crippen LogP contribution in [0.1, 0.15) is 35.4 Å². The number of ether oxygens (including phenoxy) is 1. The Morgan fingerprint density at radius 1 is 1.23 bits per heavy atom. The number of aromatic nitrogens is 2. The maximum absolute atomic E-state index is 12.1. The summed E-state index contributed by atoms with van der Waals surface area (Å²) in [6.45, 7) is 4.69. The van der Waals surface area contributed by atoms with Crippen LogP contribution in [0.25, 0.3) is 0 Å². The van der Waals surface area contributed by atoms with Crippen molar-refractivity contribution in [1.29, 1.82) is 0 Å². The van der Waals surface area contributed by atoms with E-state index >= 15 is 0 Å². The molecule has 0 saturated carbocycles. The Hall–Kier alpha value is -2.15. The average Bonchev–Trinajstić information content (AvgIpc) is 2.65. The molecule has 1 fully saturated rings. The minimum atomic E-state index is -0.122. The van der Waals surface area contributed by atoms with Crippen LogP contribution in [0.3, 0.4) is 0 Å². The van der Waals surface area contributed by atoms with E-state index in [0.717, 1.165) is 23.4 Å². The third-order valence-electron chi connectivity index (χ3n) is 4.21. The van der Waals surface area contributed by atoms with Crippen molar-refractivity contribution in [2.24, 2.45) is 0 Å². The maximum atomic E-state index is 12.1. The maximum Gasteiger partial charge on any atom is 0.251 e. The number of halogens is 1. The van der Waals surface area contributed by atoms with Gasteiger partial charge in [0.1, 0.15) is 18.2 Å². The molecule has 1 saturated heterocycles. The number of nitrogens with zero attached hydrogens (tertiary/aromatic N) is 3. The summed E-state index contributed by atoms with van der Waals surface area (Å²) in [4.78, 5) is 23.2. The molecule has 7 heteroatoms. The summed E-state index contributed by atoms with van der Waals surface area (Å²) in [6.07, 6.45) is 3.67.